The van der Waals surface area contributed by atoms with Crippen LogP contribution in [-0.2, 0) is 9.47 Å². The Bertz CT molecular complexity index is 433. The van der Waals surface area contributed by atoms with Gasteiger partial charge in [-0.05, 0) is 18.5 Å². The molecule has 21 heavy (non-hydrogen) atoms. The molecule has 0 aromatic heterocycles. The van der Waals surface area contributed by atoms with Gasteiger partial charge in [-0.15, -0.1) is 0 Å². The van der Waals surface area contributed by atoms with Crippen LogP contribution in [0.2, 0.25) is 6.04 Å². The van der Waals surface area contributed by atoms with Crippen LogP contribution in [0.5, 0.6) is 0 Å². The van der Waals surface area contributed by atoms with Crippen LogP contribution in [0.1, 0.15) is 12.0 Å². The molecule has 1 aliphatic rings. The van der Waals surface area contributed by atoms with E-state index < -0.39 is 8.80 Å². The lowest BCUT2D eigenvalue weighted by Gasteiger charge is -2.27. The zero-order chi connectivity index (χ0) is 14.9. The molecule has 1 aromatic rings. The van der Waals surface area contributed by atoms with Crippen molar-refractivity contribution in [2.45, 2.75) is 12.5 Å². The number of rotatable bonds is 8. The lowest BCUT2D eigenvalue weighted by atomic mass is 10.2. The number of nitrogens with zero attached hydrogens (tertiary/aromatic N) is 1. The van der Waals surface area contributed by atoms with Crippen LogP contribution < -0.4 is 5.19 Å². The van der Waals surface area contributed by atoms with E-state index in [2.05, 4.69) is 35.7 Å². The van der Waals surface area contributed by atoms with Gasteiger partial charge in [0.25, 0.3) is 0 Å². The predicted molar refractivity (Wildman–Crippen MR) is 91.9 cm³/mol. The van der Waals surface area contributed by atoms with E-state index in [-0.39, 0.29) is 0 Å². The summed E-state index contributed by atoms with van der Waals surface area (Å²) >= 11 is 0. The van der Waals surface area contributed by atoms with Gasteiger partial charge in [0.1, 0.15) is 8.80 Å². The van der Waals surface area contributed by atoms with Gasteiger partial charge in [0.2, 0.25) is 0 Å². The van der Waals surface area contributed by atoms with E-state index >= 15 is 0 Å². The predicted octanol–water partition coefficient (Wildman–Crippen LogP) is 1.67. The smallest absolute Gasteiger partial charge is 0.101 e. The van der Waals surface area contributed by atoms with E-state index in [9.17, 15) is 0 Å². The quantitative estimate of drug-likeness (QED) is 0.682. The van der Waals surface area contributed by atoms with E-state index in [0.717, 1.165) is 32.5 Å². The number of hydrogen-bond acceptors (Lipinski definition) is 3. The molecule has 0 amide bonds. The van der Waals surface area contributed by atoms with Crippen molar-refractivity contribution in [3.05, 3.63) is 36.4 Å². The lowest BCUT2D eigenvalue weighted by molar-refractivity contribution is 0.0379. The molecule has 1 aliphatic heterocycles. The first-order valence-corrected chi connectivity index (χ1v) is 10.1. The van der Waals surface area contributed by atoms with E-state index in [1.807, 2.05) is 13.2 Å². The average Bonchev–Trinajstić information content (AvgIpc) is 2.55. The van der Waals surface area contributed by atoms with Gasteiger partial charge in [-0.2, -0.15) is 0 Å². The van der Waals surface area contributed by atoms with Gasteiger partial charge in [-0.1, -0.05) is 48.2 Å². The zero-order valence-corrected chi connectivity index (χ0v) is 14.2. The largest absolute Gasteiger partial charge is 0.388 e. The fourth-order valence-corrected chi connectivity index (χ4v) is 5.79. The van der Waals surface area contributed by atoms with Crippen LogP contribution >= 0.6 is 0 Å². The van der Waals surface area contributed by atoms with Gasteiger partial charge in [0, 0.05) is 26.4 Å². The van der Waals surface area contributed by atoms with Gasteiger partial charge in [-0.25, -0.2) is 0 Å². The van der Waals surface area contributed by atoms with Crippen molar-refractivity contribution in [2.75, 3.05) is 46.2 Å². The third kappa shape index (κ3) is 5.07. The Morgan fingerprint density at radius 1 is 1.33 bits per heavy atom. The van der Waals surface area contributed by atoms with E-state index in [1.165, 1.54) is 29.8 Å². The van der Waals surface area contributed by atoms with Crippen LogP contribution in [0.4, 0.5) is 0 Å². The number of hydrogen-bond donors (Lipinski definition) is 0. The number of methoxy groups -OCH3 is 1. The minimum atomic E-state index is -1.07. The SMILES string of the molecule is C=Cc1ccccc1[SiH](CCCN1CCOCC1)COC. The van der Waals surface area contributed by atoms with Crippen molar-refractivity contribution in [1.29, 1.82) is 0 Å². The summed E-state index contributed by atoms with van der Waals surface area (Å²) in [5, 5.41) is 1.50. The summed E-state index contributed by atoms with van der Waals surface area (Å²) in [7, 11) is 0.746. The van der Waals surface area contributed by atoms with Crippen molar-refractivity contribution < 1.29 is 9.47 Å². The molecular weight excluding hydrogens is 278 g/mol. The van der Waals surface area contributed by atoms with Crippen molar-refractivity contribution in [3.63, 3.8) is 0 Å². The Morgan fingerprint density at radius 2 is 2.10 bits per heavy atom. The average molecular weight is 305 g/mol. The molecule has 0 N–H and O–H groups in total. The van der Waals surface area contributed by atoms with E-state index in [1.54, 1.807) is 0 Å². The minimum absolute atomic E-state index is 0.887. The Morgan fingerprint density at radius 3 is 2.81 bits per heavy atom. The monoisotopic (exact) mass is 305 g/mol. The van der Waals surface area contributed by atoms with Crippen LogP contribution in [-0.4, -0.2) is 59.9 Å². The Kier molecular flexibility index (Phi) is 7.16. The molecule has 1 unspecified atom stereocenters. The first-order chi connectivity index (χ1) is 10.3. The van der Waals surface area contributed by atoms with Crippen LogP contribution in [0.25, 0.3) is 6.08 Å². The summed E-state index contributed by atoms with van der Waals surface area (Å²) < 4.78 is 10.9. The second-order valence-corrected chi connectivity index (χ2v) is 8.51. The highest BCUT2D eigenvalue weighted by molar-refractivity contribution is 6.73. The lowest BCUT2D eigenvalue weighted by Crippen LogP contribution is -2.39. The maximum absolute atomic E-state index is 5.49. The minimum Gasteiger partial charge on any atom is -0.388 e. The van der Waals surface area contributed by atoms with Gasteiger partial charge in [0.05, 0.1) is 13.2 Å². The van der Waals surface area contributed by atoms with Crippen LogP contribution in [0.15, 0.2) is 30.8 Å². The van der Waals surface area contributed by atoms with Crippen molar-refractivity contribution >= 4 is 20.1 Å². The maximum atomic E-state index is 5.49. The Hall–Kier alpha value is -0.943. The maximum Gasteiger partial charge on any atom is 0.101 e. The molecule has 0 saturated carbocycles. The summed E-state index contributed by atoms with van der Waals surface area (Å²) in [6, 6.07) is 9.95. The molecule has 1 atom stereocenters. The van der Waals surface area contributed by atoms with Crippen molar-refractivity contribution in [1.82, 2.24) is 4.90 Å². The molecular formula is C17H27NO2Si. The first kappa shape index (κ1) is 16.4. The third-order valence-electron chi connectivity index (χ3n) is 4.15. The van der Waals surface area contributed by atoms with Gasteiger partial charge < -0.3 is 9.47 Å². The van der Waals surface area contributed by atoms with Gasteiger partial charge >= 0.3 is 0 Å². The Balaban J connectivity index is 1.90. The molecule has 0 bridgehead atoms. The zero-order valence-electron chi connectivity index (χ0n) is 13.1. The summed E-state index contributed by atoms with van der Waals surface area (Å²) in [6.45, 7) is 9.07. The molecule has 0 radical (unpaired) electrons. The summed E-state index contributed by atoms with van der Waals surface area (Å²) in [6.07, 6.45) is 4.15. The molecule has 0 spiro atoms. The third-order valence-corrected chi connectivity index (χ3v) is 7.40. The number of morpholine rings is 1. The Labute approximate surface area is 130 Å². The number of ether oxygens (including phenoxy) is 2. The molecule has 3 nitrogen and oxygen atoms in total. The fourth-order valence-electron chi connectivity index (χ4n) is 2.98. The van der Waals surface area contributed by atoms with Crippen LogP contribution in [0.3, 0.4) is 0 Å². The van der Waals surface area contributed by atoms with E-state index in [4.69, 9.17) is 9.47 Å². The molecule has 1 fully saturated rings. The molecule has 2 rings (SSSR count). The molecule has 1 saturated heterocycles. The van der Waals surface area contributed by atoms with Gasteiger partial charge in [-0.3, -0.25) is 4.90 Å². The molecule has 0 aliphatic carbocycles. The molecule has 1 heterocycles. The molecule has 1 aromatic carbocycles. The number of benzene rings is 1. The van der Waals surface area contributed by atoms with Crippen molar-refractivity contribution in [3.8, 4) is 0 Å². The molecule has 116 valence electrons. The summed E-state index contributed by atoms with van der Waals surface area (Å²) in [5.41, 5.74) is 1.29. The second-order valence-electron chi connectivity index (χ2n) is 5.58. The van der Waals surface area contributed by atoms with Crippen LogP contribution in [0, 0.1) is 0 Å². The highest BCUT2D eigenvalue weighted by Crippen LogP contribution is 2.08. The highest BCUT2D eigenvalue weighted by Gasteiger charge is 2.17. The first-order valence-electron chi connectivity index (χ1n) is 7.85. The van der Waals surface area contributed by atoms with Crippen molar-refractivity contribution in [2.24, 2.45) is 0 Å². The van der Waals surface area contributed by atoms with E-state index in [0.29, 0.717) is 0 Å². The summed E-state index contributed by atoms with van der Waals surface area (Å²) in [5.74, 6) is 0. The topological polar surface area (TPSA) is 21.7 Å². The fraction of sp³-hybridized carbons (Fsp3) is 0.529. The highest BCUT2D eigenvalue weighted by atomic mass is 28.3. The molecule has 4 heteroatoms. The summed E-state index contributed by atoms with van der Waals surface area (Å²) in [4.78, 5) is 2.52. The van der Waals surface area contributed by atoms with Gasteiger partial charge in [0.15, 0.2) is 0 Å². The second kappa shape index (κ2) is 9.15. The normalized spacial score (nSPS) is 17.6. The standard InChI is InChI=1S/C17H27NO2Si/c1-3-16-7-4-5-8-17(16)21(15-19-2)14-6-9-18-10-12-20-13-11-18/h3-5,7-8,21H,1,6,9-15H2,2H3.